The topological polar surface area (TPSA) is 114 Å². The van der Waals surface area contributed by atoms with Crippen LogP contribution in [0.2, 0.25) is 0 Å². The molecule has 9 heteroatoms. The number of imidazole rings is 1. The first-order valence-electron chi connectivity index (χ1n) is 26.5. The van der Waals surface area contributed by atoms with Crippen molar-refractivity contribution in [2.75, 3.05) is 6.54 Å². The smallest absolute Gasteiger partial charge is 0.309 e. The average Bonchev–Trinajstić information content (AvgIpc) is 3.68. The molecule has 0 spiro atoms. The van der Waals surface area contributed by atoms with Crippen LogP contribution in [0, 0.1) is 79.3 Å². The normalized spacial score (nSPS) is 40.8. The van der Waals surface area contributed by atoms with Gasteiger partial charge in [-0.25, -0.2) is 4.98 Å². The van der Waals surface area contributed by atoms with E-state index in [0.717, 1.165) is 80.6 Å². The molecule has 1 aliphatic heterocycles. The molecule has 7 aliphatic carbocycles. The third kappa shape index (κ3) is 6.74. The number of fused-ring (bicyclic) bond motifs is 7. The highest BCUT2D eigenvalue weighted by Gasteiger charge is 2.74. The zero-order valence-electron chi connectivity index (χ0n) is 41.9. The van der Waals surface area contributed by atoms with Gasteiger partial charge in [0, 0.05) is 29.9 Å². The monoisotopic (exact) mass is 911 g/mol. The van der Waals surface area contributed by atoms with Gasteiger partial charge in [0.15, 0.2) is 0 Å². The van der Waals surface area contributed by atoms with E-state index in [2.05, 4.69) is 62.5 Å². The van der Waals surface area contributed by atoms with Crippen LogP contribution in [-0.2, 0) is 30.5 Å². The van der Waals surface area contributed by atoms with Crippen molar-refractivity contribution in [2.24, 2.45) is 79.3 Å². The number of amides is 1. The fourth-order valence-electron chi connectivity index (χ4n) is 18.0. The Balaban J connectivity index is 0.806. The van der Waals surface area contributed by atoms with E-state index in [9.17, 15) is 9.59 Å². The second kappa shape index (κ2) is 15.8. The number of likely N-dealkylation sites (tertiary alicyclic amines) is 1. The Morgan fingerprint density at radius 1 is 0.716 bits per heavy atom. The minimum Gasteiger partial charge on any atom is -0.462 e. The standard InChI is InChI=1S/C58H78N4O5/c1-52(2)40(49(63)66-35-36-14-10-9-11-15-36)32-41(52)50(64)67-46-22-23-55(6)44(53(46,3)4)21-24-57(8)45(55)19-18-39-47-38(54(5)26-27-54)20-25-58(47,29-28-56(39,57)7)51(65)62-31-13-17-43(62)48-60-34-42(61-48)37-16-12-30-59-33-37/h9-12,14-16,30,33-34,38-41,43-47H,13,17-29,31-32,35H2,1-8H3,(H,60,61)/t38?,39-,40?,41?,43+,44+,45-,46+,47-,55+,56-,57-,58+/m1/s1. The molecule has 9 nitrogen and oxygen atoms in total. The van der Waals surface area contributed by atoms with Gasteiger partial charge < -0.3 is 19.4 Å². The van der Waals surface area contributed by atoms with Crippen LogP contribution < -0.4 is 0 Å². The SMILES string of the molecule is CC1(C2CC[C@]3(C(=O)N4CCC[C@H]4c4ncc(-c5cccnc5)[nH]4)CC[C@]4(C)[C@H](CC[C@@H]5[C@@]6(C)CC[C@H](OC(=O)C7CC(C(=O)OCc8ccccc8)C7(C)C)C(C)(C)[C@@H]6CC[C@]54C)[C@@H]23)CC1. The van der Waals surface area contributed by atoms with E-state index in [4.69, 9.17) is 14.5 Å². The highest BCUT2D eigenvalue weighted by atomic mass is 16.5. The van der Waals surface area contributed by atoms with Crippen molar-refractivity contribution >= 4 is 17.8 Å². The third-order valence-electron chi connectivity index (χ3n) is 22.4. The fraction of sp³-hybridized carbons (Fsp3) is 0.707. The lowest BCUT2D eigenvalue weighted by Gasteiger charge is -2.73. The van der Waals surface area contributed by atoms with E-state index >= 15 is 4.79 Å². The maximum absolute atomic E-state index is 15.8. The molecule has 1 aromatic carbocycles. The number of H-pyrrole nitrogens is 1. The van der Waals surface area contributed by atoms with Gasteiger partial charge in [0.1, 0.15) is 18.5 Å². The Bertz CT molecular complexity index is 2390. The van der Waals surface area contributed by atoms with E-state index in [0.29, 0.717) is 47.3 Å². The lowest BCUT2D eigenvalue weighted by molar-refractivity contribution is -0.253. The van der Waals surface area contributed by atoms with Crippen LogP contribution in [0.4, 0.5) is 0 Å². The quantitative estimate of drug-likeness (QED) is 0.213. The third-order valence-corrected chi connectivity index (χ3v) is 22.4. The van der Waals surface area contributed by atoms with Crippen LogP contribution in [0.3, 0.4) is 0 Å². The number of ether oxygens (including phenoxy) is 2. The summed E-state index contributed by atoms with van der Waals surface area (Å²) in [7, 11) is 0. The minimum atomic E-state index is -0.517. The molecule has 8 fully saturated rings. The van der Waals surface area contributed by atoms with Crippen LogP contribution in [0.1, 0.15) is 169 Å². The number of esters is 2. The maximum atomic E-state index is 15.8. The second-order valence-electron chi connectivity index (χ2n) is 25.8. The van der Waals surface area contributed by atoms with Gasteiger partial charge in [0.05, 0.1) is 35.2 Å². The zero-order chi connectivity index (χ0) is 46.9. The predicted molar refractivity (Wildman–Crippen MR) is 258 cm³/mol. The van der Waals surface area contributed by atoms with Crippen molar-refractivity contribution < 1.29 is 23.9 Å². The van der Waals surface area contributed by atoms with Crippen LogP contribution in [0.25, 0.3) is 11.3 Å². The van der Waals surface area contributed by atoms with E-state index in [1.165, 1.54) is 38.5 Å². The molecule has 2 aromatic heterocycles. The summed E-state index contributed by atoms with van der Waals surface area (Å²) >= 11 is 0. The maximum Gasteiger partial charge on any atom is 0.309 e. The predicted octanol–water partition coefficient (Wildman–Crippen LogP) is 12.3. The molecule has 3 unspecified atom stereocenters. The lowest BCUT2D eigenvalue weighted by Crippen LogP contribution is -2.67. The van der Waals surface area contributed by atoms with E-state index in [-0.39, 0.29) is 69.6 Å². The summed E-state index contributed by atoms with van der Waals surface area (Å²) < 4.78 is 12.4. The molecule has 0 radical (unpaired) electrons. The molecular weight excluding hydrogens is 833 g/mol. The highest BCUT2D eigenvalue weighted by molar-refractivity contribution is 5.85. The van der Waals surface area contributed by atoms with Crippen LogP contribution in [0.15, 0.2) is 61.1 Å². The summed E-state index contributed by atoms with van der Waals surface area (Å²) in [5, 5.41) is 0. The van der Waals surface area contributed by atoms with Crippen LogP contribution >= 0.6 is 0 Å². The van der Waals surface area contributed by atoms with E-state index in [1.54, 1.807) is 6.20 Å². The molecule has 360 valence electrons. The van der Waals surface area contributed by atoms with E-state index < -0.39 is 5.41 Å². The molecule has 1 saturated heterocycles. The summed E-state index contributed by atoms with van der Waals surface area (Å²) in [6, 6.07) is 13.8. The molecule has 1 N–H and O–H groups in total. The van der Waals surface area contributed by atoms with Gasteiger partial charge in [-0.2, -0.15) is 0 Å². The van der Waals surface area contributed by atoms with Crippen LogP contribution in [-0.4, -0.2) is 50.3 Å². The summed E-state index contributed by atoms with van der Waals surface area (Å²) in [4.78, 5) is 58.3. The highest BCUT2D eigenvalue weighted by Crippen LogP contribution is 2.79. The molecule has 67 heavy (non-hydrogen) atoms. The number of benzene rings is 1. The van der Waals surface area contributed by atoms with Crippen molar-refractivity contribution in [3.8, 4) is 11.3 Å². The molecule has 13 atom stereocenters. The fourth-order valence-corrected chi connectivity index (χ4v) is 18.0. The Labute approximate surface area is 400 Å². The molecule has 3 heterocycles. The van der Waals surface area contributed by atoms with E-state index in [1.807, 2.05) is 62.6 Å². The van der Waals surface area contributed by atoms with Crippen LogP contribution in [0.5, 0.6) is 0 Å². The molecule has 1 amide bonds. The minimum absolute atomic E-state index is 0.0100. The number of rotatable bonds is 9. The Morgan fingerprint density at radius 2 is 1.49 bits per heavy atom. The number of aromatic nitrogens is 3. The van der Waals surface area contributed by atoms with Crippen molar-refractivity contribution in [1.29, 1.82) is 0 Å². The van der Waals surface area contributed by atoms with Gasteiger partial charge in [-0.3, -0.25) is 19.4 Å². The Kier molecular flexibility index (Phi) is 10.7. The summed E-state index contributed by atoms with van der Waals surface area (Å²) in [5.41, 5.74) is 2.78. The number of hydrogen-bond donors (Lipinski definition) is 1. The van der Waals surface area contributed by atoms with Gasteiger partial charge in [-0.1, -0.05) is 85.7 Å². The first kappa shape index (κ1) is 45.4. The molecule has 8 aliphatic rings. The van der Waals surface area contributed by atoms with Gasteiger partial charge in [0.25, 0.3) is 0 Å². The Morgan fingerprint density at radius 3 is 2.22 bits per heavy atom. The zero-order valence-corrected chi connectivity index (χ0v) is 41.9. The molecule has 7 saturated carbocycles. The van der Waals surface area contributed by atoms with Crippen molar-refractivity contribution in [3.63, 3.8) is 0 Å². The molecule has 3 aromatic rings. The Hall–Kier alpha value is -4.01. The number of nitrogens with one attached hydrogen (secondary N) is 1. The molecule has 0 bridgehead atoms. The number of hydrogen-bond acceptors (Lipinski definition) is 7. The second-order valence-corrected chi connectivity index (χ2v) is 25.8. The number of pyridine rings is 1. The number of aromatic amines is 1. The van der Waals surface area contributed by atoms with Gasteiger partial charge in [0.2, 0.25) is 5.91 Å². The average molecular weight is 911 g/mol. The summed E-state index contributed by atoms with van der Waals surface area (Å²) in [5.74, 6) is 2.97. The summed E-state index contributed by atoms with van der Waals surface area (Å²) in [6.45, 7) is 20.5. The molecule has 11 rings (SSSR count). The number of nitrogens with zero attached hydrogens (tertiary/aromatic N) is 3. The van der Waals surface area contributed by atoms with Crippen molar-refractivity contribution in [2.45, 2.75) is 170 Å². The van der Waals surface area contributed by atoms with Gasteiger partial charge in [-0.15, -0.1) is 0 Å². The van der Waals surface area contributed by atoms with Gasteiger partial charge >= 0.3 is 11.9 Å². The molecular formula is C58H78N4O5. The number of carbonyl (C=O) groups excluding carboxylic acids is 3. The first-order chi connectivity index (χ1) is 31.9. The summed E-state index contributed by atoms with van der Waals surface area (Å²) in [6.07, 6.45) is 21.6. The van der Waals surface area contributed by atoms with Gasteiger partial charge in [-0.05, 0) is 171 Å². The van der Waals surface area contributed by atoms with Crippen molar-refractivity contribution in [1.82, 2.24) is 19.9 Å². The number of carbonyl (C=O) groups is 3. The van der Waals surface area contributed by atoms with Crippen molar-refractivity contribution in [3.05, 3.63) is 72.4 Å². The largest absolute Gasteiger partial charge is 0.462 e. The first-order valence-corrected chi connectivity index (χ1v) is 26.5. The lowest BCUT2D eigenvalue weighted by atomic mass is 9.32.